The molecule has 0 heterocycles. The van der Waals surface area contributed by atoms with Crippen molar-refractivity contribution in [1.82, 2.24) is 5.32 Å². The number of hydrogen-bond donors (Lipinski definition) is 1. The van der Waals surface area contributed by atoms with Crippen molar-refractivity contribution < 1.29 is 14.3 Å². The van der Waals surface area contributed by atoms with Crippen molar-refractivity contribution in [3.05, 3.63) is 59.7 Å². The molecule has 2 rings (SSSR count). The summed E-state index contributed by atoms with van der Waals surface area (Å²) in [7, 11) is 3.20. The van der Waals surface area contributed by atoms with Crippen molar-refractivity contribution >= 4 is 5.91 Å². The van der Waals surface area contributed by atoms with Gasteiger partial charge in [0.2, 0.25) is 0 Å². The molecule has 0 aliphatic heterocycles. The smallest absolute Gasteiger partial charge is 0.251 e. The minimum Gasteiger partial charge on any atom is -0.497 e. The molecule has 1 N–H and O–H groups in total. The summed E-state index contributed by atoms with van der Waals surface area (Å²) in [4.78, 5) is 12.3. The second kappa shape index (κ2) is 6.79. The summed E-state index contributed by atoms with van der Waals surface area (Å²) < 4.78 is 10.5. The van der Waals surface area contributed by atoms with Crippen molar-refractivity contribution in [3.8, 4) is 11.5 Å². The Labute approximate surface area is 124 Å². The Morgan fingerprint density at radius 1 is 1.05 bits per heavy atom. The number of hydrogen-bond acceptors (Lipinski definition) is 3. The Kier molecular flexibility index (Phi) is 4.82. The molecule has 0 fully saturated rings. The zero-order valence-corrected chi connectivity index (χ0v) is 12.4. The number of amides is 1. The van der Waals surface area contributed by atoms with E-state index in [2.05, 4.69) is 5.32 Å². The van der Waals surface area contributed by atoms with Gasteiger partial charge in [-0.25, -0.2) is 0 Å². The van der Waals surface area contributed by atoms with E-state index in [1.807, 2.05) is 31.2 Å². The van der Waals surface area contributed by atoms with Gasteiger partial charge in [0.05, 0.1) is 20.3 Å². The van der Waals surface area contributed by atoms with Crippen LogP contribution in [0.5, 0.6) is 11.5 Å². The Balaban J connectivity index is 2.15. The molecule has 1 amide bonds. The van der Waals surface area contributed by atoms with Crippen molar-refractivity contribution in [2.24, 2.45) is 0 Å². The van der Waals surface area contributed by atoms with E-state index in [0.29, 0.717) is 11.3 Å². The Morgan fingerprint density at radius 3 is 2.52 bits per heavy atom. The predicted octanol–water partition coefficient (Wildman–Crippen LogP) is 3.19. The van der Waals surface area contributed by atoms with Crippen LogP contribution in [0.15, 0.2) is 48.5 Å². The number of para-hydroxylation sites is 1. The highest BCUT2D eigenvalue weighted by Crippen LogP contribution is 2.24. The maximum absolute atomic E-state index is 12.3. The van der Waals surface area contributed by atoms with Gasteiger partial charge in [0, 0.05) is 11.1 Å². The van der Waals surface area contributed by atoms with Gasteiger partial charge in [-0.05, 0) is 31.2 Å². The third kappa shape index (κ3) is 3.54. The molecule has 0 unspecified atom stereocenters. The maximum Gasteiger partial charge on any atom is 0.251 e. The van der Waals surface area contributed by atoms with E-state index in [0.717, 1.165) is 11.3 Å². The lowest BCUT2D eigenvalue weighted by atomic mass is 10.1. The highest BCUT2D eigenvalue weighted by molar-refractivity contribution is 5.94. The molecular weight excluding hydrogens is 266 g/mol. The minimum absolute atomic E-state index is 0.146. The number of benzene rings is 2. The van der Waals surface area contributed by atoms with Gasteiger partial charge in [0.1, 0.15) is 11.5 Å². The van der Waals surface area contributed by atoms with Crippen LogP contribution >= 0.6 is 0 Å². The van der Waals surface area contributed by atoms with Gasteiger partial charge >= 0.3 is 0 Å². The van der Waals surface area contributed by atoms with Gasteiger partial charge in [-0.1, -0.05) is 24.3 Å². The van der Waals surface area contributed by atoms with Crippen molar-refractivity contribution in [3.63, 3.8) is 0 Å². The van der Waals surface area contributed by atoms with Crippen LogP contribution in [0.4, 0.5) is 0 Å². The molecule has 0 spiro atoms. The molecule has 21 heavy (non-hydrogen) atoms. The van der Waals surface area contributed by atoms with E-state index in [4.69, 9.17) is 9.47 Å². The molecule has 0 bridgehead atoms. The second-order valence-electron chi connectivity index (χ2n) is 4.67. The number of ether oxygens (including phenoxy) is 2. The Hall–Kier alpha value is -2.49. The van der Waals surface area contributed by atoms with Gasteiger partial charge in [-0.2, -0.15) is 0 Å². The van der Waals surface area contributed by atoms with Crippen LogP contribution < -0.4 is 14.8 Å². The summed E-state index contributed by atoms with van der Waals surface area (Å²) in [6, 6.07) is 14.6. The number of rotatable bonds is 5. The summed E-state index contributed by atoms with van der Waals surface area (Å²) in [6.07, 6.45) is 0. The molecule has 4 heteroatoms. The molecule has 2 aromatic rings. The standard InChI is InChI=1S/C17H19NO3/c1-12(15-9-4-5-10-16(15)21-3)18-17(19)13-7-6-8-14(11-13)20-2/h4-12H,1-3H3,(H,18,19)/t12-/m0/s1. The molecule has 4 nitrogen and oxygen atoms in total. The maximum atomic E-state index is 12.3. The topological polar surface area (TPSA) is 47.6 Å². The second-order valence-corrected chi connectivity index (χ2v) is 4.67. The average Bonchev–Trinajstić information content (AvgIpc) is 2.54. The zero-order valence-electron chi connectivity index (χ0n) is 12.4. The van der Waals surface area contributed by atoms with Crippen LogP contribution in [0.1, 0.15) is 28.9 Å². The third-order valence-corrected chi connectivity index (χ3v) is 3.28. The zero-order chi connectivity index (χ0) is 15.2. The van der Waals surface area contributed by atoms with Crippen molar-refractivity contribution in [2.45, 2.75) is 13.0 Å². The van der Waals surface area contributed by atoms with Crippen LogP contribution in [-0.2, 0) is 0 Å². The fourth-order valence-electron chi connectivity index (χ4n) is 2.15. The molecule has 0 saturated heterocycles. The molecular formula is C17H19NO3. The Bertz CT molecular complexity index is 625. The highest BCUT2D eigenvalue weighted by Gasteiger charge is 2.15. The molecule has 0 aromatic heterocycles. The summed E-state index contributed by atoms with van der Waals surface area (Å²) in [5, 5.41) is 2.96. The van der Waals surface area contributed by atoms with E-state index in [9.17, 15) is 4.79 Å². The average molecular weight is 285 g/mol. The summed E-state index contributed by atoms with van der Waals surface area (Å²) in [5.74, 6) is 1.27. The van der Waals surface area contributed by atoms with E-state index in [1.54, 1.807) is 38.5 Å². The predicted molar refractivity (Wildman–Crippen MR) is 81.9 cm³/mol. The normalized spacial score (nSPS) is 11.6. The summed E-state index contributed by atoms with van der Waals surface area (Å²) in [5.41, 5.74) is 1.51. The first-order valence-corrected chi connectivity index (χ1v) is 6.73. The first kappa shape index (κ1) is 14.9. The first-order chi connectivity index (χ1) is 10.2. The fraction of sp³-hybridized carbons (Fsp3) is 0.235. The quantitative estimate of drug-likeness (QED) is 0.917. The van der Waals surface area contributed by atoms with E-state index < -0.39 is 0 Å². The summed E-state index contributed by atoms with van der Waals surface area (Å²) in [6.45, 7) is 1.93. The molecule has 110 valence electrons. The van der Waals surface area contributed by atoms with E-state index in [-0.39, 0.29) is 11.9 Å². The van der Waals surface area contributed by atoms with Crippen LogP contribution in [0.3, 0.4) is 0 Å². The lowest BCUT2D eigenvalue weighted by Crippen LogP contribution is -2.26. The van der Waals surface area contributed by atoms with E-state index >= 15 is 0 Å². The number of carbonyl (C=O) groups excluding carboxylic acids is 1. The Morgan fingerprint density at radius 2 is 1.81 bits per heavy atom. The van der Waals surface area contributed by atoms with Gasteiger partial charge in [-0.3, -0.25) is 4.79 Å². The van der Waals surface area contributed by atoms with E-state index in [1.165, 1.54) is 0 Å². The molecule has 0 radical (unpaired) electrons. The lowest BCUT2D eigenvalue weighted by Gasteiger charge is -2.17. The van der Waals surface area contributed by atoms with Gasteiger partial charge < -0.3 is 14.8 Å². The van der Waals surface area contributed by atoms with Gasteiger partial charge in [0.15, 0.2) is 0 Å². The fourth-order valence-corrected chi connectivity index (χ4v) is 2.15. The van der Waals surface area contributed by atoms with Crippen molar-refractivity contribution in [1.29, 1.82) is 0 Å². The van der Waals surface area contributed by atoms with Gasteiger partial charge in [-0.15, -0.1) is 0 Å². The van der Waals surface area contributed by atoms with Crippen LogP contribution in [0.2, 0.25) is 0 Å². The molecule has 0 saturated carbocycles. The van der Waals surface area contributed by atoms with Crippen molar-refractivity contribution in [2.75, 3.05) is 14.2 Å². The lowest BCUT2D eigenvalue weighted by molar-refractivity contribution is 0.0939. The number of nitrogens with one attached hydrogen (secondary N) is 1. The largest absolute Gasteiger partial charge is 0.497 e. The number of methoxy groups -OCH3 is 2. The monoisotopic (exact) mass is 285 g/mol. The molecule has 2 aromatic carbocycles. The summed E-state index contributed by atoms with van der Waals surface area (Å²) >= 11 is 0. The molecule has 1 atom stereocenters. The third-order valence-electron chi connectivity index (χ3n) is 3.28. The van der Waals surface area contributed by atoms with Crippen LogP contribution in [0, 0.1) is 0 Å². The first-order valence-electron chi connectivity index (χ1n) is 6.73. The highest BCUT2D eigenvalue weighted by atomic mass is 16.5. The minimum atomic E-state index is -0.153. The van der Waals surface area contributed by atoms with Crippen LogP contribution in [0.25, 0.3) is 0 Å². The molecule has 0 aliphatic rings. The molecule has 0 aliphatic carbocycles. The van der Waals surface area contributed by atoms with Gasteiger partial charge in [0.25, 0.3) is 5.91 Å². The van der Waals surface area contributed by atoms with Crippen LogP contribution in [-0.4, -0.2) is 20.1 Å². The SMILES string of the molecule is COc1cccc(C(=O)N[C@@H](C)c2ccccc2OC)c1. The number of carbonyl (C=O) groups is 1.